The lowest BCUT2D eigenvalue weighted by atomic mass is 9.93. The third-order valence-corrected chi connectivity index (χ3v) is 12.7. The number of nitrogens with one attached hydrogen (secondary N) is 1. The third-order valence-electron chi connectivity index (χ3n) is 10.5. The van der Waals surface area contributed by atoms with E-state index in [0.29, 0.717) is 42.0 Å². The second-order valence-corrected chi connectivity index (χ2v) is 17.1. The van der Waals surface area contributed by atoms with Crippen molar-refractivity contribution in [3.63, 3.8) is 0 Å². The van der Waals surface area contributed by atoms with E-state index in [1.807, 2.05) is 47.5 Å². The Bertz CT molecular complexity index is 2520. The van der Waals surface area contributed by atoms with Crippen LogP contribution in [0.4, 0.5) is 40.6 Å². The summed E-state index contributed by atoms with van der Waals surface area (Å²) in [5, 5.41) is 2.69. The molecule has 308 valence electrons. The molecule has 14 nitrogen and oxygen atoms in total. The van der Waals surface area contributed by atoms with Crippen molar-refractivity contribution in [3.05, 3.63) is 84.7 Å². The molecule has 58 heavy (non-hydrogen) atoms. The van der Waals surface area contributed by atoms with Crippen LogP contribution in [-0.2, 0) is 24.1 Å². The normalized spacial score (nSPS) is 15.1. The Hall–Kier alpha value is -5.53. The molecule has 0 radical (unpaired) electrons. The molecule has 0 atom stereocenters. The molecule has 0 saturated carbocycles. The maximum absolute atomic E-state index is 13.2. The predicted molar refractivity (Wildman–Crippen MR) is 213 cm³/mol. The zero-order valence-electron chi connectivity index (χ0n) is 32.7. The predicted octanol–water partition coefficient (Wildman–Crippen LogP) is 6.50. The third kappa shape index (κ3) is 8.23. The maximum Gasteiger partial charge on any atom is 0.387 e. The molecule has 1 N–H and O–H groups in total. The lowest BCUT2D eigenvalue weighted by Crippen LogP contribution is -2.50. The lowest BCUT2D eigenvalue weighted by molar-refractivity contribution is -0.0502. The van der Waals surface area contributed by atoms with Gasteiger partial charge in [0, 0.05) is 78.3 Å². The fraction of sp³-hybridized carbons (Fsp3) is 0.385. The highest BCUT2D eigenvalue weighted by Gasteiger charge is 2.38. The SMILES string of the molecule is CC(C)S(=O)(=O)N1CC(c2ccc(N(C)c3cc4c(cn3)ncn4C)c(OC(F)F)c2)C1.CN(c1cc2c(cn1)ncn2C)c1ccc(C2CNC2)cc1OC(F)F. The van der Waals surface area contributed by atoms with Gasteiger partial charge in [-0.3, -0.25) is 0 Å². The van der Waals surface area contributed by atoms with Gasteiger partial charge in [0.15, 0.2) is 0 Å². The first-order valence-electron chi connectivity index (χ1n) is 18.5. The highest BCUT2D eigenvalue weighted by atomic mass is 32.2. The summed E-state index contributed by atoms with van der Waals surface area (Å²) in [5.41, 5.74) is 5.99. The zero-order valence-corrected chi connectivity index (χ0v) is 33.5. The molecule has 0 unspecified atom stereocenters. The largest absolute Gasteiger partial charge is 0.433 e. The van der Waals surface area contributed by atoms with Gasteiger partial charge in [-0.1, -0.05) is 12.1 Å². The molecule has 4 aromatic heterocycles. The standard InChI is InChI=1S/C21H25F2N5O3S.C18H19F2N5O/c1-13(2)32(29,30)28-10-15(11-28)14-5-6-17(19(7-14)31-21(22)23)27(4)20-8-18-16(9-24-20)25-12-26(18)3;1-24-10-23-13-9-22-17(6-15(13)24)25(2)14-4-3-11(12-7-21-8-12)5-16(14)26-18(19)20/h5-9,12-13,15,21H,10-11H2,1-4H3;3-6,9-10,12,18,21H,7-8H2,1-2H3. The Morgan fingerprint density at radius 1 is 0.707 bits per heavy atom. The maximum atomic E-state index is 13.2. The monoisotopic (exact) mass is 824 g/mol. The minimum absolute atomic E-state index is 0.0112. The van der Waals surface area contributed by atoms with Crippen molar-refractivity contribution < 1.29 is 35.5 Å². The van der Waals surface area contributed by atoms with E-state index in [0.717, 1.165) is 46.3 Å². The van der Waals surface area contributed by atoms with Crippen LogP contribution in [0.25, 0.3) is 22.1 Å². The van der Waals surface area contributed by atoms with Gasteiger partial charge in [-0.25, -0.2) is 32.7 Å². The van der Waals surface area contributed by atoms with E-state index < -0.39 is 28.5 Å². The number of benzene rings is 2. The van der Waals surface area contributed by atoms with Crippen LogP contribution in [0.5, 0.6) is 11.5 Å². The Kier molecular flexibility index (Phi) is 11.5. The van der Waals surface area contributed by atoms with E-state index >= 15 is 0 Å². The van der Waals surface area contributed by atoms with E-state index in [4.69, 9.17) is 9.47 Å². The summed E-state index contributed by atoms with van der Waals surface area (Å²) < 4.78 is 91.5. The van der Waals surface area contributed by atoms with E-state index in [9.17, 15) is 26.0 Å². The molecule has 2 fully saturated rings. The molecule has 19 heteroatoms. The first-order valence-corrected chi connectivity index (χ1v) is 20.0. The molecule has 0 spiro atoms. The van der Waals surface area contributed by atoms with Gasteiger partial charge in [0.2, 0.25) is 10.0 Å². The van der Waals surface area contributed by atoms with Crippen molar-refractivity contribution in [2.75, 3.05) is 50.1 Å². The number of alkyl halides is 4. The van der Waals surface area contributed by atoms with E-state index in [2.05, 4.69) is 25.3 Å². The number of imidazole rings is 2. The summed E-state index contributed by atoms with van der Waals surface area (Å²) in [6.07, 6.45) is 6.69. The van der Waals surface area contributed by atoms with Crippen molar-refractivity contribution in [2.45, 2.75) is 44.2 Å². The quantitative estimate of drug-likeness (QED) is 0.136. The number of fused-ring (bicyclic) bond motifs is 2. The number of hydrogen-bond donors (Lipinski definition) is 1. The number of pyridine rings is 2. The number of rotatable bonds is 12. The van der Waals surface area contributed by atoms with Gasteiger partial charge >= 0.3 is 13.2 Å². The summed E-state index contributed by atoms with van der Waals surface area (Å²) in [6.45, 7) is -0.263. The molecular weight excluding hydrogens is 781 g/mol. The van der Waals surface area contributed by atoms with Crippen LogP contribution in [0.2, 0.25) is 0 Å². The van der Waals surface area contributed by atoms with E-state index in [1.165, 1.54) is 4.31 Å². The number of hydrogen-bond acceptors (Lipinski definition) is 11. The van der Waals surface area contributed by atoms with Crippen LogP contribution in [-0.4, -0.2) is 101 Å². The first-order chi connectivity index (χ1) is 27.6. The zero-order chi connectivity index (χ0) is 41.5. The average Bonchev–Trinajstić information content (AvgIpc) is 3.70. The molecule has 2 aliphatic rings. The van der Waals surface area contributed by atoms with Crippen LogP contribution in [0.1, 0.15) is 36.8 Å². The molecule has 2 aliphatic heterocycles. The highest BCUT2D eigenvalue weighted by molar-refractivity contribution is 7.89. The number of nitrogens with zero attached hydrogens (tertiary/aromatic N) is 9. The van der Waals surface area contributed by atoms with Crippen LogP contribution in [0.15, 0.2) is 73.6 Å². The molecule has 6 heterocycles. The van der Waals surface area contributed by atoms with Crippen LogP contribution < -0.4 is 24.6 Å². The van der Waals surface area contributed by atoms with Crippen molar-refractivity contribution in [1.82, 2.24) is 38.7 Å². The number of aromatic nitrogens is 6. The lowest BCUT2D eigenvalue weighted by Gasteiger charge is -2.39. The van der Waals surface area contributed by atoms with Gasteiger partial charge in [-0.15, -0.1) is 0 Å². The molecule has 2 aromatic carbocycles. The van der Waals surface area contributed by atoms with Gasteiger partial charge in [-0.2, -0.15) is 17.6 Å². The molecule has 0 bridgehead atoms. The minimum atomic E-state index is -3.33. The summed E-state index contributed by atoms with van der Waals surface area (Å²) in [7, 11) is 3.93. The summed E-state index contributed by atoms with van der Waals surface area (Å²) in [6, 6.07) is 14.2. The minimum Gasteiger partial charge on any atom is -0.433 e. The van der Waals surface area contributed by atoms with Crippen molar-refractivity contribution >= 4 is 55.1 Å². The fourth-order valence-electron chi connectivity index (χ4n) is 6.84. The van der Waals surface area contributed by atoms with E-state index in [1.54, 1.807) is 87.1 Å². The molecule has 0 amide bonds. The van der Waals surface area contributed by atoms with Crippen molar-refractivity contribution in [3.8, 4) is 11.5 Å². The summed E-state index contributed by atoms with van der Waals surface area (Å²) >= 11 is 0. The fourth-order valence-corrected chi connectivity index (χ4v) is 8.21. The first kappa shape index (κ1) is 40.7. The van der Waals surface area contributed by atoms with Crippen LogP contribution >= 0.6 is 0 Å². The van der Waals surface area contributed by atoms with Gasteiger partial charge in [0.1, 0.15) is 34.2 Å². The highest BCUT2D eigenvalue weighted by Crippen LogP contribution is 2.40. The smallest absolute Gasteiger partial charge is 0.387 e. The Morgan fingerprint density at radius 3 is 1.55 bits per heavy atom. The second kappa shape index (κ2) is 16.4. The number of ether oxygens (including phenoxy) is 2. The summed E-state index contributed by atoms with van der Waals surface area (Å²) in [4.78, 5) is 20.7. The average molecular weight is 825 g/mol. The Morgan fingerprint density at radius 2 is 1.16 bits per heavy atom. The number of halogens is 4. The number of aryl methyl sites for hydroxylation is 2. The van der Waals surface area contributed by atoms with Gasteiger partial charge < -0.3 is 33.7 Å². The van der Waals surface area contributed by atoms with Crippen LogP contribution in [0, 0.1) is 0 Å². The number of sulfonamides is 1. The molecule has 8 rings (SSSR count). The molecule has 0 aliphatic carbocycles. The topological polar surface area (TPSA) is 136 Å². The van der Waals surface area contributed by atoms with Crippen molar-refractivity contribution in [2.24, 2.45) is 14.1 Å². The summed E-state index contributed by atoms with van der Waals surface area (Å²) in [5.74, 6) is 1.59. The van der Waals surface area contributed by atoms with Gasteiger partial charge in [0.05, 0.1) is 52.7 Å². The Labute approximate surface area is 333 Å². The van der Waals surface area contributed by atoms with Gasteiger partial charge in [-0.05, 0) is 49.2 Å². The second-order valence-electron chi connectivity index (χ2n) is 14.6. The molecular formula is C39H44F4N10O4S. The van der Waals surface area contributed by atoms with Gasteiger partial charge in [0.25, 0.3) is 0 Å². The van der Waals surface area contributed by atoms with E-state index in [-0.39, 0.29) is 17.4 Å². The number of anilines is 4. The van der Waals surface area contributed by atoms with Crippen LogP contribution in [0.3, 0.4) is 0 Å². The van der Waals surface area contributed by atoms with Crippen molar-refractivity contribution in [1.29, 1.82) is 0 Å². The molecule has 2 saturated heterocycles. The Balaban J connectivity index is 0.000000180. The molecule has 6 aromatic rings.